The first-order valence-electron chi connectivity index (χ1n) is 6.84. The minimum atomic E-state index is 0.385. The summed E-state index contributed by atoms with van der Waals surface area (Å²) in [6.07, 6.45) is 4.75. The van der Waals surface area contributed by atoms with Crippen LogP contribution in [0.4, 0.5) is 0 Å². The second-order valence-corrected chi connectivity index (χ2v) is 4.85. The molecule has 0 saturated carbocycles. The molecular weight excluding hydrogens is 238 g/mol. The molecule has 1 aliphatic rings. The normalized spacial score (nSPS) is 18.8. The number of hydrogen-bond acceptors (Lipinski definition) is 3. The molecule has 2 aromatic rings. The smallest absolute Gasteiger partial charge is 0.0766 e. The molecule has 19 heavy (non-hydrogen) atoms. The van der Waals surface area contributed by atoms with Gasteiger partial charge in [0.25, 0.3) is 0 Å². The van der Waals surface area contributed by atoms with Gasteiger partial charge in [0, 0.05) is 25.9 Å². The fraction of sp³-hybridized carbons (Fsp3) is 0.400. The van der Waals surface area contributed by atoms with Crippen molar-refractivity contribution < 1.29 is 4.74 Å². The van der Waals surface area contributed by atoms with Gasteiger partial charge in [-0.3, -0.25) is 0 Å². The van der Waals surface area contributed by atoms with Crippen LogP contribution < -0.4 is 5.32 Å². The van der Waals surface area contributed by atoms with Crippen LogP contribution in [-0.2, 0) is 11.3 Å². The van der Waals surface area contributed by atoms with Gasteiger partial charge in [0.05, 0.1) is 17.5 Å². The molecule has 1 fully saturated rings. The maximum absolute atomic E-state index is 5.58. The minimum Gasteiger partial charge on any atom is -0.377 e. The van der Waals surface area contributed by atoms with E-state index in [9.17, 15) is 0 Å². The van der Waals surface area contributed by atoms with Crippen molar-refractivity contribution >= 4 is 0 Å². The van der Waals surface area contributed by atoms with E-state index < -0.39 is 0 Å². The van der Waals surface area contributed by atoms with Gasteiger partial charge < -0.3 is 10.1 Å². The maximum atomic E-state index is 5.58. The zero-order valence-electron chi connectivity index (χ0n) is 11.0. The minimum absolute atomic E-state index is 0.385. The molecule has 1 atom stereocenters. The van der Waals surface area contributed by atoms with E-state index in [0.29, 0.717) is 6.10 Å². The first-order valence-corrected chi connectivity index (χ1v) is 6.84. The third kappa shape index (κ3) is 3.22. The average molecular weight is 257 g/mol. The Morgan fingerprint density at radius 1 is 1.26 bits per heavy atom. The van der Waals surface area contributed by atoms with Crippen molar-refractivity contribution in [1.29, 1.82) is 0 Å². The summed E-state index contributed by atoms with van der Waals surface area (Å²) >= 11 is 0. The number of rotatable bonds is 5. The van der Waals surface area contributed by atoms with Crippen molar-refractivity contribution in [2.75, 3.05) is 13.2 Å². The number of ether oxygens (including phenoxy) is 1. The molecular formula is C15H19N3O. The molecule has 0 radical (unpaired) electrons. The molecule has 0 bridgehead atoms. The van der Waals surface area contributed by atoms with Crippen molar-refractivity contribution in [3.05, 3.63) is 48.3 Å². The molecule has 1 saturated heterocycles. The Morgan fingerprint density at radius 2 is 2.16 bits per heavy atom. The predicted molar refractivity (Wildman–Crippen MR) is 74.2 cm³/mol. The fourth-order valence-corrected chi connectivity index (χ4v) is 2.35. The van der Waals surface area contributed by atoms with E-state index in [-0.39, 0.29) is 0 Å². The SMILES string of the molecule is c1ccc(-n2ccc(CNCC3CCCO3)n2)cc1. The number of nitrogens with zero attached hydrogens (tertiary/aromatic N) is 2. The first kappa shape index (κ1) is 12.4. The highest BCUT2D eigenvalue weighted by molar-refractivity contribution is 5.30. The van der Waals surface area contributed by atoms with Crippen LogP contribution in [0.15, 0.2) is 42.6 Å². The topological polar surface area (TPSA) is 39.1 Å². The molecule has 4 heteroatoms. The highest BCUT2D eigenvalue weighted by Crippen LogP contribution is 2.11. The lowest BCUT2D eigenvalue weighted by Crippen LogP contribution is -2.25. The van der Waals surface area contributed by atoms with Crippen molar-refractivity contribution in [3.8, 4) is 5.69 Å². The number of benzene rings is 1. The largest absolute Gasteiger partial charge is 0.377 e. The quantitative estimate of drug-likeness (QED) is 0.892. The van der Waals surface area contributed by atoms with Gasteiger partial charge in [0.1, 0.15) is 0 Å². The van der Waals surface area contributed by atoms with Crippen LogP contribution in [0.1, 0.15) is 18.5 Å². The molecule has 4 nitrogen and oxygen atoms in total. The van der Waals surface area contributed by atoms with E-state index >= 15 is 0 Å². The van der Waals surface area contributed by atoms with Crippen molar-refractivity contribution in [1.82, 2.24) is 15.1 Å². The summed E-state index contributed by atoms with van der Waals surface area (Å²) in [6.45, 7) is 2.62. The monoisotopic (exact) mass is 257 g/mol. The van der Waals surface area contributed by atoms with E-state index in [0.717, 1.165) is 31.1 Å². The highest BCUT2D eigenvalue weighted by Gasteiger charge is 2.14. The van der Waals surface area contributed by atoms with E-state index in [1.807, 2.05) is 29.1 Å². The van der Waals surface area contributed by atoms with Crippen LogP contribution >= 0.6 is 0 Å². The number of hydrogen-bond donors (Lipinski definition) is 1. The summed E-state index contributed by atoms with van der Waals surface area (Å²) in [5, 5.41) is 7.97. The zero-order chi connectivity index (χ0) is 12.9. The van der Waals surface area contributed by atoms with Crippen LogP contribution in [0.5, 0.6) is 0 Å². The summed E-state index contributed by atoms with van der Waals surface area (Å²) in [7, 11) is 0. The number of aromatic nitrogens is 2. The molecule has 1 aliphatic heterocycles. The van der Waals surface area contributed by atoms with Gasteiger partial charge in [0.2, 0.25) is 0 Å². The first-order chi connectivity index (χ1) is 9.42. The Hall–Kier alpha value is -1.65. The Labute approximate surface area is 113 Å². The summed E-state index contributed by atoms with van der Waals surface area (Å²) in [6, 6.07) is 12.2. The molecule has 1 unspecified atom stereocenters. The van der Waals surface area contributed by atoms with Crippen molar-refractivity contribution in [2.24, 2.45) is 0 Å². The molecule has 1 N–H and O–H groups in total. The van der Waals surface area contributed by atoms with Gasteiger partial charge in [-0.15, -0.1) is 0 Å². The Bertz CT molecular complexity index is 503. The molecule has 0 aliphatic carbocycles. The summed E-state index contributed by atoms with van der Waals surface area (Å²) in [4.78, 5) is 0. The van der Waals surface area contributed by atoms with Gasteiger partial charge in [-0.25, -0.2) is 4.68 Å². The molecule has 100 valence electrons. The van der Waals surface area contributed by atoms with Gasteiger partial charge in [-0.2, -0.15) is 5.10 Å². The second kappa shape index (κ2) is 5.99. The van der Waals surface area contributed by atoms with E-state index in [4.69, 9.17) is 4.74 Å². The molecule has 0 spiro atoms. The Balaban J connectivity index is 1.53. The average Bonchev–Trinajstić information content (AvgIpc) is 3.11. The molecule has 0 amide bonds. The fourth-order valence-electron chi connectivity index (χ4n) is 2.35. The molecule has 1 aromatic heterocycles. The van der Waals surface area contributed by atoms with E-state index in [1.54, 1.807) is 0 Å². The summed E-state index contributed by atoms with van der Waals surface area (Å²) in [5.74, 6) is 0. The van der Waals surface area contributed by atoms with Gasteiger partial charge in [-0.1, -0.05) is 18.2 Å². The number of nitrogens with one attached hydrogen (secondary N) is 1. The van der Waals surface area contributed by atoms with Crippen LogP contribution in [0.2, 0.25) is 0 Å². The standard InChI is InChI=1S/C15H19N3O/c1-2-5-14(6-3-1)18-9-8-13(17-18)11-16-12-15-7-4-10-19-15/h1-3,5-6,8-9,15-16H,4,7,10-12H2. The third-order valence-electron chi connectivity index (χ3n) is 3.37. The van der Waals surface area contributed by atoms with Crippen LogP contribution in [0, 0.1) is 0 Å². The Morgan fingerprint density at radius 3 is 2.95 bits per heavy atom. The molecule has 2 heterocycles. The van der Waals surface area contributed by atoms with Gasteiger partial charge >= 0.3 is 0 Å². The van der Waals surface area contributed by atoms with E-state index in [2.05, 4.69) is 28.6 Å². The lowest BCUT2D eigenvalue weighted by Gasteiger charge is -2.09. The number of para-hydroxylation sites is 1. The third-order valence-corrected chi connectivity index (χ3v) is 3.37. The lowest BCUT2D eigenvalue weighted by atomic mass is 10.2. The van der Waals surface area contributed by atoms with Crippen molar-refractivity contribution in [2.45, 2.75) is 25.5 Å². The van der Waals surface area contributed by atoms with Crippen molar-refractivity contribution in [3.63, 3.8) is 0 Å². The van der Waals surface area contributed by atoms with Gasteiger partial charge in [0.15, 0.2) is 0 Å². The molecule has 1 aromatic carbocycles. The second-order valence-electron chi connectivity index (χ2n) is 4.85. The van der Waals surface area contributed by atoms with Crippen LogP contribution in [0.3, 0.4) is 0 Å². The maximum Gasteiger partial charge on any atom is 0.0766 e. The van der Waals surface area contributed by atoms with Gasteiger partial charge in [-0.05, 0) is 31.0 Å². The summed E-state index contributed by atoms with van der Waals surface area (Å²) in [5.41, 5.74) is 2.15. The summed E-state index contributed by atoms with van der Waals surface area (Å²) < 4.78 is 7.48. The zero-order valence-corrected chi connectivity index (χ0v) is 11.0. The molecule has 3 rings (SSSR count). The highest BCUT2D eigenvalue weighted by atomic mass is 16.5. The Kier molecular flexibility index (Phi) is 3.91. The lowest BCUT2D eigenvalue weighted by molar-refractivity contribution is 0.110. The van der Waals surface area contributed by atoms with Crippen LogP contribution in [0.25, 0.3) is 5.69 Å². The predicted octanol–water partition coefficient (Wildman–Crippen LogP) is 2.14. The van der Waals surface area contributed by atoms with E-state index in [1.165, 1.54) is 12.8 Å². The van der Waals surface area contributed by atoms with Crippen LogP contribution in [-0.4, -0.2) is 29.0 Å².